The van der Waals surface area contributed by atoms with E-state index in [4.69, 9.17) is 17.3 Å². The summed E-state index contributed by atoms with van der Waals surface area (Å²) in [5, 5.41) is 11.4. The SMILES string of the molecule is NC(=O)c1ncc(F)c([C@@H]2CCC[C@](O)(C#Cc3cccc(Cl)c3)C2)c1F. The molecular weight excluding hydrogens is 374 g/mol. The van der Waals surface area contributed by atoms with E-state index in [0.29, 0.717) is 29.8 Å². The molecule has 1 amide bonds. The number of nitrogens with two attached hydrogens (primary N) is 1. The monoisotopic (exact) mass is 390 g/mol. The van der Waals surface area contributed by atoms with Crippen molar-refractivity contribution >= 4 is 17.5 Å². The van der Waals surface area contributed by atoms with Gasteiger partial charge >= 0.3 is 0 Å². The third-order valence-electron chi connectivity index (χ3n) is 4.64. The first-order valence-electron chi connectivity index (χ1n) is 8.44. The molecule has 4 nitrogen and oxygen atoms in total. The summed E-state index contributed by atoms with van der Waals surface area (Å²) in [5.41, 5.74) is 3.44. The minimum absolute atomic E-state index is 0.0383. The van der Waals surface area contributed by atoms with Crippen LogP contribution in [0.25, 0.3) is 0 Å². The van der Waals surface area contributed by atoms with Gasteiger partial charge in [0, 0.05) is 16.1 Å². The number of primary amides is 1. The summed E-state index contributed by atoms with van der Waals surface area (Å²) in [6, 6.07) is 6.88. The minimum Gasteiger partial charge on any atom is -0.378 e. The quantitative estimate of drug-likeness (QED) is 0.770. The van der Waals surface area contributed by atoms with Crippen LogP contribution < -0.4 is 5.73 Å². The van der Waals surface area contributed by atoms with E-state index in [1.807, 2.05) is 0 Å². The molecule has 2 aromatic rings. The van der Waals surface area contributed by atoms with Gasteiger partial charge in [-0.15, -0.1) is 0 Å². The van der Waals surface area contributed by atoms with Crippen molar-refractivity contribution in [2.45, 2.75) is 37.2 Å². The van der Waals surface area contributed by atoms with E-state index in [-0.39, 0.29) is 12.0 Å². The van der Waals surface area contributed by atoms with Gasteiger partial charge in [-0.3, -0.25) is 4.79 Å². The summed E-state index contributed by atoms with van der Waals surface area (Å²) in [7, 11) is 0. The number of hydrogen-bond acceptors (Lipinski definition) is 3. The summed E-state index contributed by atoms with van der Waals surface area (Å²) >= 11 is 5.92. The second-order valence-corrected chi connectivity index (χ2v) is 7.07. The van der Waals surface area contributed by atoms with Gasteiger partial charge in [0.05, 0.1) is 6.20 Å². The molecule has 1 aliphatic rings. The third kappa shape index (κ3) is 4.26. The number of aliphatic hydroxyl groups is 1. The first-order valence-corrected chi connectivity index (χ1v) is 8.82. The van der Waals surface area contributed by atoms with Gasteiger partial charge in [-0.1, -0.05) is 29.5 Å². The average molecular weight is 391 g/mol. The molecule has 3 N–H and O–H groups in total. The van der Waals surface area contributed by atoms with E-state index in [9.17, 15) is 18.7 Å². The molecular formula is C20H17ClF2N2O2. The normalized spacial score (nSPS) is 22.0. The molecule has 3 rings (SSSR count). The lowest BCUT2D eigenvalue weighted by Crippen LogP contribution is -2.34. The lowest BCUT2D eigenvalue weighted by atomic mass is 9.75. The zero-order valence-corrected chi connectivity index (χ0v) is 15.1. The van der Waals surface area contributed by atoms with Gasteiger partial charge in [0.1, 0.15) is 11.4 Å². The molecule has 2 atom stereocenters. The zero-order valence-electron chi connectivity index (χ0n) is 14.3. The van der Waals surface area contributed by atoms with Crippen molar-refractivity contribution in [1.29, 1.82) is 0 Å². The summed E-state index contributed by atoms with van der Waals surface area (Å²) in [5.74, 6) is 2.04. The molecule has 1 aliphatic carbocycles. The van der Waals surface area contributed by atoms with Gasteiger partial charge in [0.2, 0.25) is 0 Å². The van der Waals surface area contributed by atoms with Gasteiger partial charge in [0.25, 0.3) is 5.91 Å². The number of halogens is 3. The molecule has 0 bridgehead atoms. The Labute approximate surface area is 160 Å². The summed E-state index contributed by atoms with van der Waals surface area (Å²) in [6.45, 7) is 0. The summed E-state index contributed by atoms with van der Waals surface area (Å²) < 4.78 is 28.8. The number of carbonyl (C=O) groups excluding carboxylic acids is 1. The maximum Gasteiger partial charge on any atom is 0.270 e. The van der Waals surface area contributed by atoms with E-state index in [1.54, 1.807) is 24.3 Å². The molecule has 1 saturated carbocycles. The van der Waals surface area contributed by atoms with Crippen molar-refractivity contribution in [2.24, 2.45) is 5.73 Å². The predicted molar refractivity (Wildman–Crippen MR) is 97.2 cm³/mol. The van der Waals surface area contributed by atoms with E-state index in [2.05, 4.69) is 16.8 Å². The van der Waals surface area contributed by atoms with Gasteiger partial charge < -0.3 is 10.8 Å². The number of benzene rings is 1. The van der Waals surface area contributed by atoms with Crippen LogP contribution in [0.3, 0.4) is 0 Å². The number of carbonyl (C=O) groups is 1. The first-order chi connectivity index (χ1) is 12.8. The minimum atomic E-state index is -1.40. The van der Waals surface area contributed by atoms with Crippen LogP contribution in [0, 0.1) is 23.5 Å². The van der Waals surface area contributed by atoms with Crippen molar-refractivity contribution in [3.8, 4) is 11.8 Å². The molecule has 0 saturated heterocycles. The Morgan fingerprint density at radius 3 is 2.89 bits per heavy atom. The third-order valence-corrected chi connectivity index (χ3v) is 4.88. The zero-order chi connectivity index (χ0) is 19.6. The number of pyridine rings is 1. The van der Waals surface area contributed by atoms with Gasteiger partial charge in [-0.05, 0) is 49.8 Å². The van der Waals surface area contributed by atoms with Crippen molar-refractivity contribution in [2.75, 3.05) is 0 Å². The molecule has 0 unspecified atom stereocenters. The summed E-state index contributed by atoms with van der Waals surface area (Å²) in [4.78, 5) is 14.7. The lowest BCUT2D eigenvalue weighted by molar-refractivity contribution is 0.0509. The molecule has 27 heavy (non-hydrogen) atoms. The number of rotatable bonds is 2. The van der Waals surface area contributed by atoms with Crippen LogP contribution in [0.15, 0.2) is 30.5 Å². The fourth-order valence-corrected chi connectivity index (χ4v) is 3.58. The Hall–Kier alpha value is -2.49. The van der Waals surface area contributed by atoms with Gasteiger partial charge in [-0.25, -0.2) is 13.8 Å². The highest BCUT2D eigenvalue weighted by Gasteiger charge is 2.37. The van der Waals surface area contributed by atoms with E-state index in [0.717, 1.165) is 6.20 Å². The molecule has 1 aromatic carbocycles. The number of amides is 1. The van der Waals surface area contributed by atoms with E-state index < -0.39 is 34.8 Å². The maximum absolute atomic E-state index is 14.6. The molecule has 1 heterocycles. The van der Waals surface area contributed by atoms with Gasteiger partial charge in [-0.2, -0.15) is 0 Å². The van der Waals surface area contributed by atoms with Crippen LogP contribution >= 0.6 is 11.6 Å². The van der Waals surface area contributed by atoms with Gasteiger partial charge in [0.15, 0.2) is 11.5 Å². The van der Waals surface area contributed by atoms with E-state index in [1.165, 1.54) is 0 Å². The highest BCUT2D eigenvalue weighted by atomic mass is 35.5. The van der Waals surface area contributed by atoms with Crippen LogP contribution in [0.1, 0.15) is 53.2 Å². The smallest absolute Gasteiger partial charge is 0.270 e. The van der Waals surface area contributed by atoms with Crippen LogP contribution in [-0.4, -0.2) is 21.6 Å². The Kier molecular flexibility index (Phi) is 5.45. The second-order valence-electron chi connectivity index (χ2n) is 6.63. The Morgan fingerprint density at radius 1 is 1.41 bits per heavy atom. The second kappa shape index (κ2) is 7.63. The largest absolute Gasteiger partial charge is 0.378 e. The maximum atomic E-state index is 14.6. The molecule has 0 radical (unpaired) electrons. The number of nitrogens with zero attached hydrogens (tertiary/aromatic N) is 1. The Morgan fingerprint density at radius 2 is 2.19 bits per heavy atom. The molecule has 1 fully saturated rings. The highest BCUT2D eigenvalue weighted by Crippen LogP contribution is 2.40. The van der Waals surface area contributed by atoms with E-state index >= 15 is 0 Å². The Bertz CT molecular complexity index is 955. The van der Waals surface area contributed by atoms with Crippen molar-refractivity contribution in [1.82, 2.24) is 4.98 Å². The first kappa shape index (κ1) is 19.3. The van der Waals surface area contributed by atoms with Crippen LogP contribution in [0.4, 0.5) is 8.78 Å². The molecule has 140 valence electrons. The van der Waals surface area contributed by atoms with Crippen LogP contribution in [0.5, 0.6) is 0 Å². The van der Waals surface area contributed by atoms with Crippen LogP contribution in [-0.2, 0) is 0 Å². The van der Waals surface area contributed by atoms with Crippen molar-refractivity contribution in [3.05, 3.63) is 63.9 Å². The molecule has 7 heteroatoms. The lowest BCUT2D eigenvalue weighted by Gasteiger charge is -2.33. The predicted octanol–water partition coefficient (Wildman–Crippen LogP) is 3.55. The molecule has 0 aliphatic heterocycles. The van der Waals surface area contributed by atoms with Crippen molar-refractivity contribution in [3.63, 3.8) is 0 Å². The molecule has 0 spiro atoms. The number of hydrogen-bond donors (Lipinski definition) is 2. The Balaban J connectivity index is 1.91. The highest BCUT2D eigenvalue weighted by molar-refractivity contribution is 6.30. The topological polar surface area (TPSA) is 76.2 Å². The average Bonchev–Trinajstić information content (AvgIpc) is 2.60. The number of aromatic nitrogens is 1. The van der Waals surface area contributed by atoms with Crippen LogP contribution in [0.2, 0.25) is 5.02 Å². The fourth-order valence-electron chi connectivity index (χ4n) is 3.39. The molecule has 1 aromatic heterocycles. The fraction of sp³-hybridized carbons (Fsp3) is 0.300. The summed E-state index contributed by atoms with van der Waals surface area (Å²) in [6.07, 6.45) is 2.18. The standard InChI is InChI=1S/C20H17ClF2N2O2/c21-14-5-1-3-12(9-14)6-8-20(27)7-2-4-13(10-20)16-15(22)11-25-18(17(16)23)19(24)26/h1,3,5,9,11,13,27H,2,4,7,10H2,(H2,24,26)/t13-,20+/m1/s1. The van der Waals surface area contributed by atoms with Crippen molar-refractivity contribution < 1.29 is 18.7 Å².